The third-order valence-electron chi connectivity index (χ3n) is 6.99. The van der Waals surface area contributed by atoms with Gasteiger partial charge in [0.2, 0.25) is 5.88 Å². The molecule has 11 heteroatoms. The SMILES string of the molecule is COc1ccc2ncc(F)c(CC[C@@]3(O)CO[C@@H]4[C@@H](NCc5cc6c(cn5)OCCO6)CO[C@@H]43)c2n1. The van der Waals surface area contributed by atoms with E-state index in [1.165, 1.54) is 13.3 Å². The summed E-state index contributed by atoms with van der Waals surface area (Å²) >= 11 is 0. The molecule has 0 amide bonds. The zero-order valence-electron chi connectivity index (χ0n) is 19.8. The summed E-state index contributed by atoms with van der Waals surface area (Å²) in [5, 5.41) is 14.8. The molecule has 0 spiro atoms. The number of hydrogen-bond acceptors (Lipinski definition) is 10. The van der Waals surface area contributed by atoms with E-state index in [4.69, 9.17) is 23.7 Å². The van der Waals surface area contributed by atoms with E-state index in [1.807, 2.05) is 6.07 Å². The molecule has 4 atom stereocenters. The van der Waals surface area contributed by atoms with Gasteiger partial charge in [-0.3, -0.25) is 9.97 Å². The maximum absolute atomic E-state index is 14.7. The highest BCUT2D eigenvalue weighted by Gasteiger charge is 2.55. The Morgan fingerprint density at radius 3 is 2.89 bits per heavy atom. The van der Waals surface area contributed by atoms with Crippen LogP contribution in [0.3, 0.4) is 0 Å². The highest BCUT2D eigenvalue weighted by atomic mass is 19.1. The first-order chi connectivity index (χ1) is 17.5. The maximum atomic E-state index is 14.7. The molecule has 10 nitrogen and oxygen atoms in total. The van der Waals surface area contributed by atoms with E-state index < -0.39 is 17.5 Å². The zero-order chi connectivity index (χ0) is 24.7. The summed E-state index contributed by atoms with van der Waals surface area (Å²) in [7, 11) is 1.50. The molecule has 3 aromatic heterocycles. The second-order valence-corrected chi connectivity index (χ2v) is 9.25. The molecule has 2 saturated heterocycles. The van der Waals surface area contributed by atoms with Crippen LogP contribution >= 0.6 is 0 Å². The lowest BCUT2D eigenvalue weighted by atomic mass is 9.89. The first-order valence-electron chi connectivity index (χ1n) is 12.0. The molecule has 0 bridgehead atoms. The smallest absolute Gasteiger partial charge is 0.213 e. The van der Waals surface area contributed by atoms with Gasteiger partial charge in [-0.25, -0.2) is 9.37 Å². The van der Waals surface area contributed by atoms with E-state index in [-0.39, 0.29) is 31.6 Å². The van der Waals surface area contributed by atoms with Crippen LogP contribution in [-0.4, -0.2) is 77.4 Å². The van der Waals surface area contributed by atoms with Gasteiger partial charge in [-0.05, 0) is 18.9 Å². The second kappa shape index (κ2) is 9.40. The lowest BCUT2D eigenvalue weighted by Crippen LogP contribution is -2.46. The number of aromatic nitrogens is 3. The second-order valence-electron chi connectivity index (χ2n) is 9.25. The lowest BCUT2D eigenvalue weighted by Gasteiger charge is -2.27. The van der Waals surface area contributed by atoms with Gasteiger partial charge in [0, 0.05) is 24.2 Å². The number of aryl methyl sites for hydroxylation is 1. The largest absolute Gasteiger partial charge is 0.486 e. The van der Waals surface area contributed by atoms with E-state index in [1.54, 1.807) is 18.3 Å². The monoisotopic (exact) mass is 498 g/mol. The summed E-state index contributed by atoms with van der Waals surface area (Å²) in [5.41, 5.74) is 0.921. The van der Waals surface area contributed by atoms with Crippen molar-refractivity contribution < 1.29 is 33.2 Å². The van der Waals surface area contributed by atoms with Crippen LogP contribution in [0, 0.1) is 5.82 Å². The summed E-state index contributed by atoms with van der Waals surface area (Å²) in [5.74, 6) is 1.23. The Morgan fingerprint density at radius 2 is 2.03 bits per heavy atom. The predicted octanol–water partition coefficient (Wildman–Crippen LogP) is 1.56. The van der Waals surface area contributed by atoms with Gasteiger partial charge >= 0.3 is 0 Å². The average molecular weight is 499 g/mol. The van der Waals surface area contributed by atoms with Crippen LogP contribution in [-0.2, 0) is 22.4 Å². The highest BCUT2D eigenvalue weighted by Crippen LogP contribution is 2.38. The van der Waals surface area contributed by atoms with Gasteiger partial charge in [0.15, 0.2) is 11.5 Å². The van der Waals surface area contributed by atoms with E-state index >= 15 is 0 Å². The molecule has 2 fully saturated rings. The number of rotatable bonds is 7. The van der Waals surface area contributed by atoms with Crippen LogP contribution in [0.5, 0.6) is 17.4 Å². The van der Waals surface area contributed by atoms with Gasteiger partial charge in [0.25, 0.3) is 0 Å². The number of hydrogen-bond donors (Lipinski definition) is 2. The normalized spacial score (nSPS) is 26.8. The molecule has 6 rings (SSSR count). The van der Waals surface area contributed by atoms with Crippen molar-refractivity contribution in [1.82, 2.24) is 20.3 Å². The summed E-state index contributed by atoms with van der Waals surface area (Å²) in [6.45, 7) is 2.00. The fourth-order valence-corrected chi connectivity index (χ4v) is 5.08. The van der Waals surface area contributed by atoms with Crippen LogP contribution in [0.2, 0.25) is 0 Å². The highest BCUT2D eigenvalue weighted by molar-refractivity contribution is 5.78. The lowest BCUT2D eigenvalue weighted by molar-refractivity contribution is -0.0698. The summed E-state index contributed by atoms with van der Waals surface area (Å²) < 4.78 is 43.0. The van der Waals surface area contributed by atoms with Gasteiger partial charge in [-0.1, -0.05) is 0 Å². The molecular weight excluding hydrogens is 471 g/mol. The molecule has 36 heavy (non-hydrogen) atoms. The Labute approximate surface area is 206 Å². The maximum Gasteiger partial charge on any atom is 0.213 e. The molecule has 190 valence electrons. The molecule has 0 radical (unpaired) electrons. The van der Waals surface area contributed by atoms with Crippen molar-refractivity contribution in [1.29, 1.82) is 0 Å². The summed E-state index contributed by atoms with van der Waals surface area (Å²) in [4.78, 5) is 12.9. The van der Waals surface area contributed by atoms with Gasteiger partial charge in [0.1, 0.15) is 36.8 Å². The Morgan fingerprint density at radius 1 is 1.17 bits per heavy atom. The molecule has 0 unspecified atom stereocenters. The summed E-state index contributed by atoms with van der Waals surface area (Å²) in [6.07, 6.45) is 2.49. The molecule has 0 aromatic carbocycles. The van der Waals surface area contributed by atoms with Crippen LogP contribution in [0.25, 0.3) is 11.0 Å². The van der Waals surface area contributed by atoms with E-state index in [9.17, 15) is 9.50 Å². The topological polar surface area (TPSA) is 117 Å². The average Bonchev–Trinajstić information content (AvgIpc) is 3.47. The van der Waals surface area contributed by atoms with Gasteiger partial charge in [-0.15, -0.1) is 0 Å². The molecule has 3 aliphatic heterocycles. The standard InChI is InChI=1S/C25H27FN4O6/c1-32-21-3-2-17-22(30-21)15(16(26)10-29-17)4-5-25(31)13-36-23-18(12-35-24(23)25)28-9-14-8-19-20(11-27-14)34-7-6-33-19/h2-3,8,10-11,18,23-24,28,31H,4-7,9,12-13H2,1H3/t18-,23+,24-,25+/m0/s1. The van der Waals surface area contributed by atoms with Crippen molar-refractivity contribution in [3.05, 3.63) is 47.7 Å². The number of aliphatic hydroxyl groups is 1. The van der Waals surface area contributed by atoms with E-state index in [0.29, 0.717) is 60.3 Å². The third-order valence-corrected chi connectivity index (χ3v) is 6.99. The van der Waals surface area contributed by atoms with Crippen LogP contribution in [0.15, 0.2) is 30.6 Å². The number of ether oxygens (including phenoxy) is 5. The van der Waals surface area contributed by atoms with Gasteiger partial charge < -0.3 is 34.1 Å². The number of nitrogens with zero attached hydrogens (tertiary/aromatic N) is 3. The van der Waals surface area contributed by atoms with Crippen molar-refractivity contribution in [3.8, 4) is 17.4 Å². The first kappa shape index (κ1) is 23.3. The Balaban J connectivity index is 1.12. The number of methoxy groups -OCH3 is 1. The minimum atomic E-state index is -1.25. The van der Waals surface area contributed by atoms with Crippen molar-refractivity contribution in [2.45, 2.75) is 43.2 Å². The molecule has 3 aliphatic rings. The molecule has 0 aliphatic carbocycles. The minimum absolute atomic E-state index is 0.101. The Kier molecular flexibility index (Phi) is 6.08. The number of halogens is 1. The fraction of sp³-hybridized carbons (Fsp3) is 0.480. The van der Waals surface area contributed by atoms with E-state index in [0.717, 1.165) is 5.69 Å². The van der Waals surface area contributed by atoms with Crippen molar-refractivity contribution >= 4 is 11.0 Å². The van der Waals surface area contributed by atoms with Gasteiger partial charge in [-0.2, -0.15) is 0 Å². The molecular formula is C25H27FN4O6. The molecule has 3 aromatic rings. The van der Waals surface area contributed by atoms with Crippen molar-refractivity contribution in [2.24, 2.45) is 0 Å². The van der Waals surface area contributed by atoms with Gasteiger partial charge in [0.05, 0.1) is 55.5 Å². The molecule has 6 heterocycles. The minimum Gasteiger partial charge on any atom is -0.486 e. The quantitative estimate of drug-likeness (QED) is 0.497. The molecule has 0 saturated carbocycles. The number of pyridine rings is 3. The number of nitrogens with one attached hydrogen (secondary N) is 1. The Bertz CT molecular complexity index is 1280. The Hall–Kier alpha value is -3.12. The van der Waals surface area contributed by atoms with Crippen LogP contribution in [0.1, 0.15) is 17.7 Å². The van der Waals surface area contributed by atoms with Crippen LogP contribution in [0.4, 0.5) is 4.39 Å². The fourth-order valence-electron chi connectivity index (χ4n) is 5.08. The predicted molar refractivity (Wildman–Crippen MR) is 125 cm³/mol. The molecule has 2 N–H and O–H groups in total. The first-order valence-corrected chi connectivity index (χ1v) is 12.0. The van der Waals surface area contributed by atoms with E-state index in [2.05, 4.69) is 20.3 Å². The van der Waals surface area contributed by atoms with Crippen LogP contribution < -0.4 is 19.5 Å². The number of fused-ring (bicyclic) bond motifs is 3. The van der Waals surface area contributed by atoms with Crippen molar-refractivity contribution in [2.75, 3.05) is 33.5 Å². The van der Waals surface area contributed by atoms with Crippen molar-refractivity contribution in [3.63, 3.8) is 0 Å². The third kappa shape index (κ3) is 4.21. The zero-order valence-corrected chi connectivity index (χ0v) is 19.8. The summed E-state index contributed by atoms with van der Waals surface area (Å²) in [6, 6.07) is 5.15.